The van der Waals surface area contributed by atoms with Gasteiger partial charge in [0.25, 0.3) is 0 Å². The van der Waals surface area contributed by atoms with E-state index in [1.807, 2.05) is 49.4 Å². The van der Waals surface area contributed by atoms with Crippen LogP contribution in [-0.4, -0.2) is 24.5 Å². The van der Waals surface area contributed by atoms with Crippen molar-refractivity contribution in [3.63, 3.8) is 0 Å². The first-order valence-corrected chi connectivity index (χ1v) is 8.96. The van der Waals surface area contributed by atoms with E-state index in [0.29, 0.717) is 11.6 Å². The molecule has 0 fully saturated rings. The predicted molar refractivity (Wildman–Crippen MR) is 96.0 cm³/mol. The summed E-state index contributed by atoms with van der Waals surface area (Å²) in [5.74, 6) is 1.57. The first-order valence-electron chi connectivity index (χ1n) is 7.70. The lowest BCUT2D eigenvalue weighted by Gasteiger charge is -2.12. The van der Waals surface area contributed by atoms with E-state index in [1.165, 1.54) is 11.8 Å². The van der Waals surface area contributed by atoms with Crippen molar-refractivity contribution in [2.24, 2.45) is 0 Å². The fourth-order valence-electron chi connectivity index (χ4n) is 2.34. The molecule has 126 valence electrons. The molecule has 0 bridgehead atoms. The Morgan fingerprint density at radius 1 is 1.21 bits per heavy atom. The molecule has 2 aromatic carbocycles. The first-order chi connectivity index (χ1) is 11.6. The van der Waals surface area contributed by atoms with Crippen LogP contribution in [0.2, 0.25) is 5.02 Å². The van der Waals surface area contributed by atoms with Gasteiger partial charge in [-0.1, -0.05) is 17.7 Å². The lowest BCUT2D eigenvalue weighted by Crippen LogP contribution is -2.32. The van der Waals surface area contributed by atoms with Crippen molar-refractivity contribution in [2.45, 2.75) is 23.5 Å². The Kier molecular flexibility index (Phi) is 5.53. The highest BCUT2D eigenvalue weighted by Gasteiger charge is 2.15. The van der Waals surface area contributed by atoms with Gasteiger partial charge in [-0.3, -0.25) is 4.79 Å². The second-order valence-corrected chi connectivity index (χ2v) is 7.29. The number of carbonyl (C=O) groups excluding carboxylic acids is 1. The molecule has 0 spiro atoms. The van der Waals surface area contributed by atoms with Gasteiger partial charge in [0.1, 0.15) is 0 Å². The summed E-state index contributed by atoms with van der Waals surface area (Å²) in [5, 5.41) is 3.50. The molecule has 1 heterocycles. The molecule has 4 nitrogen and oxygen atoms in total. The second kappa shape index (κ2) is 7.81. The lowest BCUT2D eigenvalue weighted by atomic mass is 10.1. The van der Waals surface area contributed by atoms with Gasteiger partial charge in [-0.05, 0) is 55.3 Å². The SMILES string of the molecule is CC(Sc1ccc(Cl)cc1)C(=O)NCCc1ccc2c(c1)OCO2. The molecule has 1 unspecified atom stereocenters. The van der Waals surface area contributed by atoms with Gasteiger partial charge in [0.05, 0.1) is 5.25 Å². The summed E-state index contributed by atoms with van der Waals surface area (Å²) in [4.78, 5) is 13.2. The van der Waals surface area contributed by atoms with Crippen LogP contribution in [0.15, 0.2) is 47.4 Å². The molecule has 24 heavy (non-hydrogen) atoms. The van der Waals surface area contributed by atoms with Crippen LogP contribution in [0.3, 0.4) is 0 Å². The Labute approximate surface area is 150 Å². The number of benzene rings is 2. The van der Waals surface area contributed by atoms with Crippen molar-refractivity contribution in [3.8, 4) is 11.5 Å². The summed E-state index contributed by atoms with van der Waals surface area (Å²) in [7, 11) is 0. The highest BCUT2D eigenvalue weighted by Crippen LogP contribution is 2.32. The van der Waals surface area contributed by atoms with Crippen LogP contribution in [0.1, 0.15) is 12.5 Å². The summed E-state index contributed by atoms with van der Waals surface area (Å²) < 4.78 is 10.6. The van der Waals surface area contributed by atoms with Crippen molar-refractivity contribution in [1.82, 2.24) is 5.32 Å². The number of fused-ring (bicyclic) bond motifs is 1. The third-order valence-corrected chi connectivity index (χ3v) is 5.01. The summed E-state index contributed by atoms with van der Waals surface area (Å²) >= 11 is 7.38. The summed E-state index contributed by atoms with van der Waals surface area (Å²) in [6.07, 6.45) is 0.751. The van der Waals surface area contributed by atoms with Crippen molar-refractivity contribution in [3.05, 3.63) is 53.1 Å². The molecule has 0 aliphatic carbocycles. The van der Waals surface area contributed by atoms with E-state index in [9.17, 15) is 4.79 Å². The second-order valence-electron chi connectivity index (χ2n) is 5.44. The molecule has 1 amide bonds. The van der Waals surface area contributed by atoms with Crippen LogP contribution in [0.25, 0.3) is 0 Å². The molecule has 0 saturated carbocycles. The number of hydrogen-bond acceptors (Lipinski definition) is 4. The zero-order valence-electron chi connectivity index (χ0n) is 13.3. The zero-order valence-corrected chi connectivity index (χ0v) is 14.8. The van der Waals surface area contributed by atoms with Crippen molar-refractivity contribution in [2.75, 3.05) is 13.3 Å². The standard InChI is InChI=1S/C18H18ClNO3S/c1-12(24-15-5-3-14(19)4-6-15)18(21)20-9-8-13-2-7-16-17(10-13)23-11-22-16/h2-7,10,12H,8-9,11H2,1H3,(H,20,21). The molecule has 6 heteroatoms. The maximum absolute atomic E-state index is 12.2. The number of amides is 1. The Morgan fingerprint density at radius 2 is 1.96 bits per heavy atom. The van der Waals surface area contributed by atoms with Gasteiger partial charge >= 0.3 is 0 Å². The number of hydrogen-bond donors (Lipinski definition) is 1. The van der Waals surface area contributed by atoms with Crippen LogP contribution in [0.4, 0.5) is 0 Å². The summed E-state index contributed by atoms with van der Waals surface area (Å²) in [6.45, 7) is 2.76. The highest BCUT2D eigenvalue weighted by atomic mass is 35.5. The van der Waals surface area contributed by atoms with Gasteiger partial charge in [0, 0.05) is 16.5 Å². The van der Waals surface area contributed by atoms with Gasteiger partial charge in [-0.15, -0.1) is 11.8 Å². The molecular weight excluding hydrogens is 346 g/mol. The molecule has 0 radical (unpaired) electrons. The average molecular weight is 364 g/mol. The molecule has 2 aromatic rings. The smallest absolute Gasteiger partial charge is 0.233 e. The Bertz CT molecular complexity index is 721. The summed E-state index contributed by atoms with van der Waals surface area (Å²) in [5.41, 5.74) is 1.11. The van der Waals surface area contributed by atoms with Crippen molar-refractivity contribution >= 4 is 29.3 Å². The van der Waals surface area contributed by atoms with Crippen LogP contribution in [0, 0.1) is 0 Å². The molecular formula is C18H18ClNO3S. The first kappa shape index (κ1) is 17.0. The normalized spacial score (nSPS) is 13.6. The fraction of sp³-hybridized carbons (Fsp3) is 0.278. The number of halogens is 1. The number of nitrogens with one attached hydrogen (secondary N) is 1. The molecule has 1 N–H and O–H groups in total. The minimum atomic E-state index is -0.164. The van der Waals surface area contributed by atoms with Gasteiger partial charge in [0.2, 0.25) is 12.7 Å². The topological polar surface area (TPSA) is 47.6 Å². The quantitative estimate of drug-likeness (QED) is 0.790. The number of carbonyl (C=O) groups is 1. The maximum atomic E-state index is 12.2. The molecule has 0 aromatic heterocycles. The molecule has 1 atom stereocenters. The van der Waals surface area contributed by atoms with E-state index >= 15 is 0 Å². The highest BCUT2D eigenvalue weighted by molar-refractivity contribution is 8.00. The fourth-order valence-corrected chi connectivity index (χ4v) is 3.36. The Morgan fingerprint density at radius 3 is 2.75 bits per heavy atom. The summed E-state index contributed by atoms with van der Waals surface area (Å²) in [6, 6.07) is 13.3. The monoisotopic (exact) mass is 363 g/mol. The number of thioether (sulfide) groups is 1. The van der Waals surface area contributed by atoms with Gasteiger partial charge in [0.15, 0.2) is 11.5 Å². The van der Waals surface area contributed by atoms with Gasteiger partial charge < -0.3 is 14.8 Å². The third-order valence-electron chi connectivity index (χ3n) is 3.65. The van der Waals surface area contributed by atoms with Crippen LogP contribution in [-0.2, 0) is 11.2 Å². The van der Waals surface area contributed by atoms with Crippen LogP contribution < -0.4 is 14.8 Å². The van der Waals surface area contributed by atoms with E-state index in [1.54, 1.807) is 0 Å². The van der Waals surface area contributed by atoms with Crippen LogP contribution in [0.5, 0.6) is 11.5 Å². The van der Waals surface area contributed by atoms with E-state index in [-0.39, 0.29) is 18.0 Å². The molecule has 3 rings (SSSR count). The average Bonchev–Trinajstić information content (AvgIpc) is 3.04. The number of rotatable bonds is 6. The van der Waals surface area contributed by atoms with E-state index in [0.717, 1.165) is 28.4 Å². The van der Waals surface area contributed by atoms with Crippen molar-refractivity contribution < 1.29 is 14.3 Å². The van der Waals surface area contributed by atoms with E-state index in [2.05, 4.69) is 5.32 Å². The lowest BCUT2D eigenvalue weighted by molar-refractivity contribution is -0.120. The molecule has 0 saturated heterocycles. The molecule has 1 aliphatic rings. The van der Waals surface area contributed by atoms with Gasteiger partial charge in [-0.2, -0.15) is 0 Å². The predicted octanol–water partition coefficient (Wildman–Crippen LogP) is 3.91. The minimum Gasteiger partial charge on any atom is -0.454 e. The third kappa shape index (κ3) is 4.36. The number of ether oxygens (including phenoxy) is 2. The van der Waals surface area contributed by atoms with E-state index in [4.69, 9.17) is 21.1 Å². The maximum Gasteiger partial charge on any atom is 0.233 e. The Hall–Kier alpha value is -1.85. The largest absolute Gasteiger partial charge is 0.454 e. The van der Waals surface area contributed by atoms with Crippen molar-refractivity contribution in [1.29, 1.82) is 0 Å². The molecule has 1 aliphatic heterocycles. The minimum absolute atomic E-state index is 0.0238. The van der Waals surface area contributed by atoms with Crippen LogP contribution >= 0.6 is 23.4 Å². The van der Waals surface area contributed by atoms with Gasteiger partial charge in [-0.25, -0.2) is 0 Å². The van der Waals surface area contributed by atoms with E-state index < -0.39 is 0 Å². The zero-order chi connectivity index (χ0) is 16.9. The Balaban J connectivity index is 1.45.